The van der Waals surface area contributed by atoms with Crippen molar-refractivity contribution in [1.29, 1.82) is 0 Å². The van der Waals surface area contributed by atoms with Crippen LogP contribution in [-0.4, -0.2) is 44.9 Å². The fourth-order valence-electron chi connectivity index (χ4n) is 3.29. The highest BCUT2D eigenvalue weighted by atomic mass is 28.4. The Kier molecular flexibility index (Phi) is 8.71. The van der Waals surface area contributed by atoms with Gasteiger partial charge in [-0.15, -0.1) is 0 Å². The van der Waals surface area contributed by atoms with E-state index in [-0.39, 0.29) is 17.2 Å². The van der Waals surface area contributed by atoms with Crippen LogP contribution in [0.5, 0.6) is 0 Å². The summed E-state index contributed by atoms with van der Waals surface area (Å²) in [7, 11) is -1.84. The van der Waals surface area contributed by atoms with E-state index in [0.717, 1.165) is 25.9 Å². The standard InChI is InChI=1S/C23H40O4Si/c1-18-15-20(24)22(17-26-28(5,6)23(2,3)4)27-21(18)13-10-14-25-16-19-11-8-7-9-12-19/h7-9,11-12,18,20-22,24H,10,13-17H2,1-6H3/t18-,20-,21-,22+/m0/s1. The Bertz CT molecular complexity index is 570. The summed E-state index contributed by atoms with van der Waals surface area (Å²) in [6.45, 7) is 15.2. The van der Waals surface area contributed by atoms with Crippen LogP contribution in [0.15, 0.2) is 30.3 Å². The van der Waals surface area contributed by atoms with Gasteiger partial charge in [0.1, 0.15) is 6.10 Å². The van der Waals surface area contributed by atoms with Crippen LogP contribution in [0.2, 0.25) is 18.1 Å². The van der Waals surface area contributed by atoms with Crippen molar-refractivity contribution in [1.82, 2.24) is 0 Å². The minimum Gasteiger partial charge on any atom is -0.414 e. The van der Waals surface area contributed by atoms with Gasteiger partial charge in [-0.05, 0) is 48.9 Å². The fourth-order valence-corrected chi connectivity index (χ4v) is 4.31. The minimum absolute atomic E-state index is 0.162. The van der Waals surface area contributed by atoms with Crippen LogP contribution in [0.25, 0.3) is 0 Å². The molecule has 1 aliphatic rings. The maximum atomic E-state index is 10.5. The molecule has 1 saturated heterocycles. The van der Waals surface area contributed by atoms with E-state index < -0.39 is 14.4 Å². The van der Waals surface area contributed by atoms with Crippen LogP contribution in [-0.2, 0) is 20.5 Å². The van der Waals surface area contributed by atoms with Crippen LogP contribution in [0.3, 0.4) is 0 Å². The smallest absolute Gasteiger partial charge is 0.192 e. The highest BCUT2D eigenvalue weighted by Gasteiger charge is 2.40. The third-order valence-electron chi connectivity index (χ3n) is 6.33. The number of ether oxygens (including phenoxy) is 2. The van der Waals surface area contributed by atoms with Crippen molar-refractivity contribution in [2.75, 3.05) is 13.2 Å². The van der Waals surface area contributed by atoms with Crippen molar-refractivity contribution in [2.45, 2.75) is 90.0 Å². The van der Waals surface area contributed by atoms with Crippen LogP contribution in [0, 0.1) is 5.92 Å². The molecule has 1 aromatic carbocycles. The average molecular weight is 409 g/mol. The van der Waals surface area contributed by atoms with E-state index in [0.29, 0.717) is 19.1 Å². The summed E-state index contributed by atoms with van der Waals surface area (Å²) in [6.07, 6.45) is 2.20. The van der Waals surface area contributed by atoms with Crippen molar-refractivity contribution < 1.29 is 19.0 Å². The number of rotatable bonds is 9. The average Bonchev–Trinajstić information content (AvgIpc) is 2.62. The van der Waals surface area contributed by atoms with Gasteiger partial charge in [-0.3, -0.25) is 0 Å². The van der Waals surface area contributed by atoms with Crippen LogP contribution < -0.4 is 0 Å². The summed E-state index contributed by atoms with van der Waals surface area (Å²) in [5.41, 5.74) is 1.20. The summed E-state index contributed by atoms with van der Waals surface area (Å²) in [5, 5.41) is 10.6. The normalized spacial score (nSPS) is 26.4. The number of hydrogen-bond donors (Lipinski definition) is 1. The monoisotopic (exact) mass is 408 g/mol. The Morgan fingerprint density at radius 2 is 1.82 bits per heavy atom. The molecule has 0 unspecified atom stereocenters. The van der Waals surface area contributed by atoms with Gasteiger partial charge in [0.25, 0.3) is 0 Å². The van der Waals surface area contributed by atoms with Crippen molar-refractivity contribution >= 4 is 8.32 Å². The number of aliphatic hydroxyl groups is 1. The number of hydrogen-bond acceptors (Lipinski definition) is 4. The predicted octanol–water partition coefficient (Wildman–Crippen LogP) is 5.16. The van der Waals surface area contributed by atoms with E-state index in [9.17, 15) is 5.11 Å². The second kappa shape index (κ2) is 10.3. The van der Waals surface area contributed by atoms with Crippen molar-refractivity contribution in [3.05, 3.63) is 35.9 Å². The zero-order chi connectivity index (χ0) is 20.8. The molecule has 4 nitrogen and oxygen atoms in total. The van der Waals surface area contributed by atoms with E-state index in [1.807, 2.05) is 18.2 Å². The lowest BCUT2D eigenvalue weighted by molar-refractivity contribution is -0.156. The molecule has 0 spiro atoms. The fraction of sp³-hybridized carbons (Fsp3) is 0.739. The quantitative estimate of drug-likeness (QED) is 0.453. The molecule has 0 bridgehead atoms. The largest absolute Gasteiger partial charge is 0.414 e. The molecule has 1 N–H and O–H groups in total. The summed E-state index contributed by atoms with van der Waals surface area (Å²) >= 11 is 0. The molecule has 1 aromatic rings. The molecule has 0 aliphatic carbocycles. The molecule has 0 amide bonds. The second-order valence-electron chi connectivity index (χ2n) is 9.75. The summed E-state index contributed by atoms with van der Waals surface area (Å²) in [5.74, 6) is 0.355. The Labute approximate surface area is 172 Å². The Balaban J connectivity index is 1.74. The van der Waals surface area contributed by atoms with E-state index in [1.165, 1.54) is 5.56 Å². The van der Waals surface area contributed by atoms with Gasteiger partial charge >= 0.3 is 0 Å². The van der Waals surface area contributed by atoms with E-state index >= 15 is 0 Å². The highest BCUT2D eigenvalue weighted by Crippen LogP contribution is 2.37. The lowest BCUT2D eigenvalue weighted by atomic mass is 9.89. The zero-order valence-electron chi connectivity index (χ0n) is 18.6. The zero-order valence-corrected chi connectivity index (χ0v) is 19.6. The first kappa shape index (κ1) is 23.6. The third-order valence-corrected chi connectivity index (χ3v) is 10.8. The van der Waals surface area contributed by atoms with Gasteiger partial charge in [0.05, 0.1) is 25.4 Å². The summed E-state index contributed by atoms with van der Waals surface area (Å²) in [4.78, 5) is 0. The molecule has 1 aliphatic heterocycles. The van der Waals surface area contributed by atoms with Crippen molar-refractivity contribution in [3.63, 3.8) is 0 Å². The first-order valence-electron chi connectivity index (χ1n) is 10.7. The van der Waals surface area contributed by atoms with Gasteiger partial charge in [0.2, 0.25) is 0 Å². The molecule has 0 saturated carbocycles. The Morgan fingerprint density at radius 3 is 2.46 bits per heavy atom. The highest BCUT2D eigenvalue weighted by molar-refractivity contribution is 6.74. The molecule has 4 atom stereocenters. The Hall–Kier alpha value is -0.723. The maximum Gasteiger partial charge on any atom is 0.192 e. The molecule has 160 valence electrons. The lowest BCUT2D eigenvalue weighted by Gasteiger charge is -2.41. The van der Waals surface area contributed by atoms with Gasteiger partial charge < -0.3 is 19.0 Å². The van der Waals surface area contributed by atoms with E-state index in [4.69, 9.17) is 13.9 Å². The van der Waals surface area contributed by atoms with Gasteiger partial charge in [0, 0.05) is 6.61 Å². The van der Waals surface area contributed by atoms with Gasteiger partial charge in [0.15, 0.2) is 8.32 Å². The molecule has 0 aromatic heterocycles. The minimum atomic E-state index is -1.84. The molecule has 2 rings (SSSR count). The maximum absolute atomic E-state index is 10.5. The van der Waals surface area contributed by atoms with Crippen LogP contribution in [0.1, 0.15) is 52.5 Å². The van der Waals surface area contributed by atoms with Crippen molar-refractivity contribution in [2.24, 2.45) is 5.92 Å². The second-order valence-corrected chi connectivity index (χ2v) is 14.6. The molecular weight excluding hydrogens is 368 g/mol. The Morgan fingerprint density at radius 1 is 1.14 bits per heavy atom. The summed E-state index contributed by atoms with van der Waals surface area (Å²) in [6, 6.07) is 10.3. The van der Waals surface area contributed by atoms with Gasteiger partial charge in [-0.1, -0.05) is 58.0 Å². The molecule has 5 heteroatoms. The molecule has 0 radical (unpaired) electrons. The molecular formula is C23H40O4Si. The first-order valence-corrected chi connectivity index (χ1v) is 13.6. The molecule has 1 heterocycles. The van der Waals surface area contributed by atoms with E-state index in [2.05, 4.69) is 52.9 Å². The van der Waals surface area contributed by atoms with E-state index in [1.54, 1.807) is 0 Å². The van der Waals surface area contributed by atoms with Crippen LogP contribution >= 0.6 is 0 Å². The van der Waals surface area contributed by atoms with Gasteiger partial charge in [-0.2, -0.15) is 0 Å². The topological polar surface area (TPSA) is 47.9 Å². The summed E-state index contributed by atoms with van der Waals surface area (Å²) < 4.78 is 18.4. The van der Waals surface area contributed by atoms with Gasteiger partial charge in [-0.25, -0.2) is 0 Å². The molecule has 28 heavy (non-hydrogen) atoms. The lowest BCUT2D eigenvalue weighted by Crippen LogP contribution is -2.49. The van der Waals surface area contributed by atoms with Crippen molar-refractivity contribution in [3.8, 4) is 0 Å². The SMILES string of the molecule is C[C@H]1C[C@H](O)[C@@H](CO[Si](C)(C)C(C)(C)C)O[C@H]1CCCOCc1ccccc1. The number of benzene rings is 1. The number of aliphatic hydroxyl groups excluding tert-OH is 1. The van der Waals surface area contributed by atoms with Crippen LogP contribution in [0.4, 0.5) is 0 Å². The third kappa shape index (κ3) is 6.96. The predicted molar refractivity (Wildman–Crippen MR) is 117 cm³/mol. The molecule has 1 fully saturated rings. The first-order chi connectivity index (χ1) is 13.1.